The number of aliphatic hydroxyl groups excluding tert-OH is 4. The van der Waals surface area contributed by atoms with Crippen LogP contribution in [0.3, 0.4) is 0 Å². The minimum absolute atomic E-state index is 0.0567. The van der Waals surface area contributed by atoms with E-state index in [1.165, 1.54) is 44.9 Å². The fourth-order valence-electron chi connectivity index (χ4n) is 6.20. The largest absolute Gasteiger partial charge is 0.394 e. The molecule has 1 aliphatic rings. The SMILES string of the molecule is CCCCCCCCCCCC=CC[C@@H](OCc1ccccc1)[C@](O)(Cc1ccccc1)[C@H](CO[C@H]1O[C@H](CO)[C@H](O)[C@H](O)[C@H]1O)N=[N+]=[N-]. The van der Waals surface area contributed by atoms with Crippen molar-refractivity contribution < 1.29 is 39.7 Å². The Morgan fingerprint density at radius 3 is 2.08 bits per heavy atom. The van der Waals surface area contributed by atoms with Crippen molar-refractivity contribution in [1.29, 1.82) is 0 Å². The second-order valence-electron chi connectivity index (χ2n) is 13.0. The quantitative estimate of drug-likeness (QED) is 0.0298. The summed E-state index contributed by atoms with van der Waals surface area (Å²) in [5.74, 6) is 0. The van der Waals surface area contributed by atoms with Crippen LogP contribution in [0.1, 0.15) is 88.7 Å². The first kappa shape index (κ1) is 40.6. The lowest BCUT2D eigenvalue weighted by Crippen LogP contribution is -2.60. The third-order valence-electron chi connectivity index (χ3n) is 9.21. The van der Waals surface area contributed by atoms with Crippen molar-refractivity contribution in [2.45, 2.75) is 139 Å². The highest BCUT2D eigenvalue weighted by Crippen LogP contribution is 2.32. The first-order valence-corrected chi connectivity index (χ1v) is 17.9. The van der Waals surface area contributed by atoms with Gasteiger partial charge in [-0.3, -0.25) is 0 Å². The minimum Gasteiger partial charge on any atom is -0.394 e. The second kappa shape index (κ2) is 22.8. The standard InChI is InChI=1S/C38H57N3O8/c1-2-3-4-5-6-7-8-9-10-11-12-19-24-33(47-27-30-22-17-14-18-23-30)38(46,25-29-20-15-13-16-21-29)32(40-41-39)28-48-37-36(45)35(44)34(43)31(26-42)49-37/h12-23,31-37,42-46H,2-11,24-28H2,1H3/t31-,32+,33-,34+,35+,36-,37+,38+/m1/s1. The summed E-state index contributed by atoms with van der Waals surface area (Å²) in [4.78, 5) is 3.03. The molecule has 2 aromatic rings. The predicted octanol–water partition coefficient (Wildman–Crippen LogP) is 5.91. The highest BCUT2D eigenvalue weighted by molar-refractivity contribution is 5.20. The number of benzene rings is 2. The Morgan fingerprint density at radius 2 is 1.47 bits per heavy atom. The number of azide groups is 1. The summed E-state index contributed by atoms with van der Waals surface area (Å²) in [6.45, 7) is 1.40. The van der Waals surface area contributed by atoms with Gasteiger partial charge in [0, 0.05) is 11.3 Å². The number of hydrogen-bond donors (Lipinski definition) is 5. The van der Waals surface area contributed by atoms with E-state index < -0.39 is 61.7 Å². The van der Waals surface area contributed by atoms with Crippen molar-refractivity contribution >= 4 is 0 Å². The molecule has 1 heterocycles. The van der Waals surface area contributed by atoms with E-state index in [0.717, 1.165) is 30.4 Å². The van der Waals surface area contributed by atoms with Crippen LogP contribution in [0.15, 0.2) is 77.9 Å². The summed E-state index contributed by atoms with van der Waals surface area (Å²) in [6, 6.07) is 17.7. The zero-order chi connectivity index (χ0) is 35.3. The molecule has 1 fully saturated rings. The number of nitrogens with zero attached hydrogens (tertiary/aromatic N) is 3. The Labute approximate surface area is 291 Å². The van der Waals surface area contributed by atoms with Crippen molar-refractivity contribution in [3.63, 3.8) is 0 Å². The summed E-state index contributed by atoms with van der Waals surface area (Å²) in [6.07, 6.45) is 8.29. The van der Waals surface area contributed by atoms with E-state index in [1.54, 1.807) is 0 Å². The predicted molar refractivity (Wildman–Crippen MR) is 188 cm³/mol. The number of rotatable bonds is 24. The molecule has 0 bridgehead atoms. The van der Waals surface area contributed by atoms with Gasteiger partial charge in [0.2, 0.25) is 0 Å². The molecular weight excluding hydrogens is 626 g/mol. The van der Waals surface area contributed by atoms with Crippen LogP contribution in [-0.4, -0.2) is 87.2 Å². The van der Waals surface area contributed by atoms with Crippen molar-refractivity contribution in [2.75, 3.05) is 13.2 Å². The summed E-state index contributed by atoms with van der Waals surface area (Å²) in [5, 5.41) is 57.2. The van der Waals surface area contributed by atoms with Crippen molar-refractivity contribution in [2.24, 2.45) is 5.11 Å². The molecule has 3 rings (SSSR count). The lowest BCUT2D eigenvalue weighted by atomic mass is 9.81. The smallest absolute Gasteiger partial charge is 0.186 e. The number of ether oxygens (including phenoxy) is 3. The number of hydrogen-bond acceptors (Lipinski definition) is 9. The van der Waals surface area contributed by atoms with Gasteiger partial charge >= 0.3 is 0 Å². The Morgan fingerprint density at radius 1 is 0.857 bits per heavy atom. The zero-order valence-electron chi connectivity index (χ0n) is 28.9. The van der Waals surface area contributed by atoms with Gasteiger partial charge in [0.1, 0.15) is 30.0 Å². The molecular formula is C38H57N3O8. The summed E-state index contributed by atoms with van der Waals surface area (Å²) in [5.41, 5.74) is 9.54. The maximum Gasteiger partial charge on any atom is 0.186 e. The highest BCUT2D eigenvalue weighted by atomic mass is 16.7. The zero-order valence-corrected chi connectivity index (χ0v) is 28.9. The topological polar surface area (TPSA) is 178 Å². The van der Waals surface area contributed by atoms with Gasteiger partial charge in [-0.15, -0.1) is 0 Å². The first-order valence-electron chi connectivity index (χ1n) is 17.9. The van der Waals surface area contributed by atoms with Gasteiger partial charge < -0.3 is 39.7 Å². The molecule has 0 unspecified atom stereocenters. The average molecular weight is 684 g/mol. The van der Waals surface area contributed by atoms with Gasteiger partial charge in [-0.2, -0.15) is 0 Å². The molecule has 5 N–H and O–H groups in total. The molecule has 0 aliphatic carbocycles. The van der Waals surface area contributed by atoms with E-state index in [-0.39, 0.29) is 13.0 Å². The van der Waals surface area contributed by atoms with E-state index >= 15 is 0 Å². The molecule has 0 spiro atoms. The second-order valence-corrected chi connectivity index (χ2v) is 13.0. The average Bonchev–Trinajstić information content (AvgIpc) is 3.12. The maximum atomic E-state index is 12.6. The van der Waals surface area contributed by atoms with Crippen LogP contribution in [0.25, 0.3) is 10.4 Å². The molecule has 0 amide bonds. The molecule has 0 saturated carbocycles. The maximum absolute atomic E-state index is 12.6. The molecule has 11 nitrogen and oxygen atoms in total. The Hall–Kier alpha value is -2.83. The molecule has 1 aliphatic heterocycles. The third kappa shape index (κ3) is 13.4. The molecule has 1 saturated heterocycles. The van der Waals surface area contributed by atoms with Gasteiger partial charge in [-0.05, 0) is 35.9 Å². The van der Waals surface area contributed by atoms with Gasteiger partial charge in [0.25, 0.3) is 0 Å². The molecule has 11 heteroatoms. The van der Waals surface area contributed by atoms with Crippen molar-refractivity contribution in [1.82, 2.24) is 0 Å². The molecule has 8 atom stereocenters. The number of allylic oxidation sites excluding steroid dienone is 1. The van der Waals surface area contributed by atoms with Crippen LogP contribution in [0, 0.1) is 0 Å². The summed E-state index contributed by atoms with van der Waals surface area (Å²) in [7, 11) is 0. The van der Waals surface area contributed by atoms with Crippen molar-refractivity contribution in [3.05, 3.63) is 94.4 Å². The highest BCUT2D eigenvalue weighted by Gasteiger charge is 2.47. The Balaban J connectivity index is 1.78. The lowest BCUT2D eigenvalue weighted by molar-refractivity contribution is -0.304. The first-order chi connectivity index (χ1) is 23.8. The van der Waals surface area contributed by atoms with E-state index in [1.807, 2.05) is 66.7 Å². The van der Waals surface area contributed by atoms with E-state index in [4.69, 9.17) is 14.2 Å². The van der Waals surface area contributed by atoms with Crippen molar-refractivity contribution in [3.8, 4) is 0 Å². The monoisotopic (exact) mass is 683 g/mol. The molecule has 272 valence electrons. The van der Waals surface area contributed by atoms with Crippen LogP contribution in [0.5, 0.6) is 0 Å². The van der Waals surface area contributed by atoms with Crippen LogP contribution in [0.4, 0.5) is 0 Å². The summed E-state index contributed by atoms with van der Waals surface area (Å²) >= 11 is 0. The van der Waals surface area contributed by atoms with Crippen LogP contribution < -0.4 is 0 Å². The van der Waals surface area contributed by atoms with Crippen LogP contribution >= 0.6 is 0 Å². The van der Waals surface area contributed by atoms with Crippen LogP contribution in [0.2, 0.25) is 0 Å². The third-order valence-corrected chi connectivity index (χ3v) is 9.21. The number of unbranched alkanes of at least 4 members (excludes halogenated alkanes) is 9. The summed E-state index contributed by atoms with van der Waals surface area (Å²) < 4.78 is 17.8. The van der Waals surface area contributed by atoms with Gasteiger partial charge in [0.15, 0.2) is 6.29 Å². The Kier molecular flexibility index (Phi) is 18.9. The fraction of sp³-hybridized carbons (Fsp3) is 0.632. The van der Waals surface area contributed by atoms with Gasteiger partial charge in [-0.1, -0.05) is 136 Å². The van der Waals surface area contributed by atoms with E-state index in [0.29, 0.717) is 6.42 Å². The minimum atomic E-state index is -1.79. The molecule has 2 aromatic carbocycles. The molecule has 0 aromatic heterocycles. The normalized spacial score (nSPS) is 23.5. The van der Waals surface area contributed by atoms with E-state index in [9.17, 15) is 31.1 Å². The van der Waals surface area contributed by atoms with E-state index in [2.05, 4.69) is 23.0 Å². The van der Waals surface area contributed by atoms with Crippen LogP contribution in [-0.2, 0) is 27.2 Å². The fourth-order valence-corrected chi connectivity index (χ4v) is 6.20. The molecule has 49 heavy (non-hydrogen) atoms. The van der Waals surface area contributed by atoms with Gasteiger partial charge in [0.05, 0.1) is 32.0 Å². The van der Waals surface area contributed by atoms with Gasteiger partial charge in [-0.25, -0.2) is 0 Å². The molecule has 0 radical (unpaired) electrons. The number of aliphatic hydroxyl groups is 5. The Bertz CT molecular complexity index is 1230. The lowest BCUT2D eigenvalue weighted by Gasteiger charge is -2.42.